The van der Waals surface area contributed by atoms with Gasteiger partial charge in [-0.05, 0) is 79.8 Å². The van der Waals surface area contributed by atoms with Crippen molar-refractivity contribution in [1.29, 1.82) is 0 Å². The van der Waals surface area contributed by atoms with Crippen LogP contribution < -0.4 is 0 Å². The summed E-state index contributed by atoms with van der Waals surface area (Å²) in [6.45, 7) is 7.81. The zero-order chi connectivity index (χ0) is 27.0. The molecule has 0 saturated heterocycles. The molecule has 2 aromatic heterocycles. The summed E-state index contributed by atoms with van der Waals surface area (Å²) in [4.78, 5) is 12.4. The molecule has 0 bridgehead atoms. The van der Waals surface area contributed by atoms with E-state index in [2.05, 4.69) is 84.3 Å². The number of hydrogen-bond donors (Lipinski definition) is 0. The van der Waals surface area contributed by atoms with E-state index in [0.29, 0.717) is 5.56 Å². The molecule has 0 aliphatic carbocycles. The van der Waals surface area contributed by atoms with Crippen molar-refractivity contribution in [2.24, 2.45) is 0 Å². The van der Waals surface area contributed by atoms with Crippen LogP contribution in [0.4, 0.5) is 13.2 Å². The molecule has 2 heterocycles. The summed E-state index contributed by atoms with van der Waals surface area (Å²) in [7, 11) is 0. The molecule has 190 valence electrons. The summed E-state index contributed by atoms with van der Waals surface area (Å²) in [5.41, 5.74) is 9.55. The molecule has 3 nitrogen and oxygen atoms in total. The number of hydrogen-bond acceptors (Lipinski definition) is 3. The van der Waals surface area contributed by atoms with Crippen molar-refractivity contribution < 1.29 is 13.2 Å². The van der Waals surface area contributed by atoms with E-state index in [-0.39, 0.29) is 11.5 Å². The Morgan fingerprint density at radius 1 is 0.605 bits per heavy atom. The summed E-state index contributed by atoms with van der Waals surface area (Å²) in [6.07, 6.45) is -3.02. The van der Waals surface area contributed by atoms with Gasteiger partial charge in [-0.2, -0.15) is 13.2 Å². The number of nitrogens with zero attached hydrogens (tertiary/aromatic N) is 3. The topological polar surface area (TPSA) is 38.7 Å². The third kappa shape index (κ3) is 5.21. The van der Waals surface area contributed by atoms with Crippen molar-refractivity contribution in [2.75, 3.05) is 0 Å². The Labute approximate surface area is 220 Å². The summed E-state index contributed by atoms with van der Waals surface area (Å²) < 4.78 is 39.6. The van der Waals surface area contributed by atoms with Crippen LogP contribution in [0.5, 0.6) is 0 Å². The Morgan fingerprint density at radius 2 is 1.29 bits per heavy atom. The lowest BCUT2D eigenvalue weighted by atomic mass is 9.90. The number of aromatic nitrogens is 3. The summed E-state index contributed by atoms with van der Waals surface area (Å²) in [6, 6.07) is 25.6. The third-order valence-electron chi connectivity index (χ3n) is 6.44. The first-order valence-corrected chi connectivity index (χ1v) is 12.3. The van der Waals surface area contributed by atoms with Crippen molar-refractivity contribution >= 4 is 0 Å². The van der Waals surface area contributed by atoms with Gasteiger partial charge in [-0.15, -0.1) is 0 Å². The Balaban J connectivity index is 1.48. The van der Waals surface area contributed by atoms with Crippen LogP contribution in [-0.4, -0.2) is 15.0 Å². The minimum absolute atomic E-state index is 0.00546. The number of halogens is 3. The maximum Gasteiger partial charge on any atom is 0.433 e. The highest BCUT2D eigenvalue weighted by molar-refractivity contribution is 5.86. The second kappa shape index (κ2) is 9.86. The first kappa shape index (κ1) is 25.3. The second-order valence-electron chi connectivity index (χ2n) is 9.60. The second-order valence-corrected chi connectivity index (χ2v) is 9.60. The van der Waals surface area contributed by atoms with Gasteiger partial charge in [0.05, 0.1) is 5.69 Å². The monoisotopic (exact) mass is 509 g/mol. The van der Waals surface area contributed by atoms with E-state index < -0.39 is 11.9 Å². The average Bonchev–Trinajstić information content (AvgIpc) is 2.87. The highest BCUT2D eigenvalue weighted by atomic mass is 19.4. The largest absolute Gasteiger partial charge is 0.433 e. The molecule has 38 heavy (non-hydrogen) atoms. The zero-order valence-electron chi connectivity index (χ0n) is 21.6. The van der Waals surface area contributed by atoms with Gasteiger partial charge >= 0.3 is 6.18 Å². The Kier molecular flexibility index (Phi) is 6.57. The van der Waals surface area contributed by atoms with Crippen molar-refractivity contribution in [3.8, 4) is 44.9 Å². The van der Waals surface area contributed by atoms with E-state index >= 15 is 0 Å². The minimum atomic E-state index is -4.54. The van der Waals surface area contributed by atoms with Gasteiger partial charge in [-0.3, -0.25) is 4.98 Å². The molecule has 5 aromatic rings. The van der Waals surface area contributed by atoms with E-state index in [9.17, 15) is 13.2 Å². The van der Waals surface area contributed by atoms with Gasteiger partial charge in [-0.25, -0.2) is 9.97 Å². The van der Waals surface area contributed by atoms with E-state index in [0.717, 1.165) is 34.0 Å². The fraction of sp³-hybridized carbons (Fsp3) is 0.156. The third-order valence-corrected chi connectivity index (χ3v) is 6.44. The Hall–Kier alpha value is -4.32. The average molecular weight is 510 g/mol. The maximum atomic E-state index is 13.2. The van der Waals surface area contributed by atoms with E-state index in [4.69, 9.17) is 0 Å². The lowest BCUT2D eigenvalue weighted by Crippen LogP contribution is -2.10. The Bertz CT molecular complexity index is 1620. The van der Waals surface area contributed by atoms with Crippen molar-refractivity contribution in [3.63, 3.8) is 0 Å². The highest BCUT2D eigenvalue weighted by Crippen LogP contribution is 2.36. The van der Waals surface area contributed by atoms with Gasteiger partial charge in [0.2, 0.25) is 0 Å². The number of aryl methyl sites for hydroxylation is 4. The van der Waals surface area contributed by atoms with Crippen LogP contribution in [0.3, 0.4) is 0 Å². The summed E-state index contributed by atoms with van der Waals surface area (Å²) in [5, 5.41) is 0. The lowest BCUT2D eigenvalue weighted by molar-refractivity contribution is -0.141. The molecule has 3 aromatic carbocycles. The van der Waals surface area contributed by atoms with Crippen LogP contribution >= 0.6 is 0 Å². The van der Waals surface area contributed by atoms with Crippen LogP contribution in [0.25, 0.3) is 44.9 Å². The van der Waals surface area contributed by atoms with E-state index in [1.807, 2.05) is 12.1 Å². The van der Waals surface area contributed by atoms with Crippen molar-refractivity contribution in [1.82, 2.24) is 15.0 Å². The Morgan fingerprint density at radius 3 is 1.92 bits per heavy atom. The van der Waals surface area contributed by atoms with Crippen LogP contribution in [0.2, 0.25) is 0 Å². The SMILES string of the molecule is Cc1cc(C)cc(-c2ccccc2-c2ccc(-c3ccc(-c4nc(C)cc(C(F)(F)F)n4)cn3)cc2C)c1. The van der Waals surface area contributed by atoms with Gasteiger partial charge in [0.1, 0.15) is 5.69 Å². The summed E-state index contributed by atoms with van der Waals surface area (Å²) >= 11 is 0. The quantitative estimate of drug-likeness (QED) is 0.243. The molecule has 0 N–H and O–H groups in total. The molecule has 0 amide bonds. The lowest BCUT2D eigenvalue weighted by Gasteiger charge is -2.15. The molecule has 0 unspecified atom stereocenters. The minimum Gasteiger partial charge on any atom is -0.255 e. The van der Waals surface area contributed by atoms with Crippen molar-refractivity contribution in [3.05, 3.63) is 113 Å². The van der Waals surface area contributed by atoms with Gasteiger partial charge < -0.3 is 0 Å². The molecular formula is C32H26F3N3. The van der Waals surface area contributed by atoms with Gasteiger partial charge in [0.25, 0.3) is 0 Å². The molecule has 5 rings (SSSR count). The van der Waals surface area contributed by atoms with Crippen LogP contribution in [0, 0.1) is 27.7 Å². The molecular weight excluding hydrogens is 483 g/mol. The predicted molar refractivity (Wildman–Crippen MR) is 146 cm³/mol. The molecule has 6 heteroatoms. The molecule has 0 aliphatic heterocycles. The first-order valence-electron chi connectivity index (χ1n) is 12.3. The van der Waals surface area contributed by atoms with E-state index in [1.165, 1.54) is 35.4 Å². The molecule has 0 saturated carbocycles. The van der Waals surface area contributed by atoms with Crippen LogP contribution in [0.1, 0.15) is 28.1 Å². The highest BCUT2D eigenvalue weighted by Gasteiger charge is 2.33. The van der Waals surface area contributed by atoms with Crippen LogP contribution in [-0.2, 0) is 6.18 Å². The number of rotatable bonds is 4. The molecule has 0 spiro atoms. The first-order chi connectivity index (χ1) is 18.1. The molecule has 0 fully saturated rings. The number of alkyl halides is 3. The smallest absolute Gasteiger partial charge is 0.255 e. The van der Waals surface area contributed by atoms with Gasteiger partial charge in [0, 0.05) is 23.0 Å². The molecule has 0 atom stereocenters. The zero-order valence-corrected chi connectivity index (χ0v) is 21.6. The van der Waals surface area contributed by atoms with E-state index in [1.54, 1.807) is 12.1 Å². The normalized spacial score (nSPS) is 11.6. The fourth-order valence-electron chi connectivity index (χ4n) is 4.76. The predicted octanol–water partition coefficient (Wildman–Crippen LogP) is 8.79. The number of pyridine rings is 1. The van der Waals surface area contributed by atoms with Crippen LogP contribution in [0.15, 0.2) is 85.1 Å². The summed E-state index contributed by atoms with van der Waals surface area (Å²) in [5.74, 6) is 0.00546. The molecule has 0 radical (unpaired) electrons. The van der Waals surface area contributed by atoms with Crippen molar-refractivity contribution in [2.45, 2.75) is 33.9 Å². The standard InChI is InChI=1S/C32H26F3N3/c1-19-13-20(2)15-25(14-19)27-7-5-6-8-28(27)26-11-9-23(16-21(26)3)29-12-10-24(18-36-29)31-37-22(4)17-30(38-31)32(33,34)35/h5-18H,1-4H3. The van der Waals surface area contributed by atoms with Gasteiger partial charge in [0.15, 0.2) is 5.82 Å². The number of benzene rings is 3. The fourth-order valence-corrected chi connectivity index (χ4v) is 4.76. The maximum absolute atomic E-state index is 13.2. The molecule has 0 aliphatic rings. The van der Waals surface area contributed by atoms with Gasteiger partial charge in [-0.1, -0.05) is 65.7 Å².